The van der Waals surface area contributed by atoms with Crippen LogP contribution in [0, 0.1) is 5.41 Å². The molecule has 198 valence electrons. The van der Waals surface area contributed by atoms with Gasteiger partial charge in [-0.3, -0.25) is 14.4 Å². The number of nitrogens with zero attached hydrogens (tertiary/aromatic N) is 2. The van der Waals surface area contributed by atoms with Crippen molar-refractivity contribution >= 4 is 26.0 Å². The Morgan fingerprint density at radius 1 is 1.19 bits per heavy atom. The first-order valence-corrected chi connectivity index (χ1v) is 16.0. The molecule has 2 bridgehead atoms. The van der Waals surface area contributed by atoms with Gasteiger partial charge in [-0.1, -0.05) is 58.0 Å². The summed E-state index contributed by atoms with van der Waals surface area (Å²) in [4.78, 5) is 47.1. The minimum Gasteiger partial charge on any atom is -0.407 e. The highest BCUT2D eigenvalue weighted by molar-refractivity contribution is 6.74. The summed E-state index contributed by atoms with van der Waals surface area (Å²) in [7, 11) is -2.12. The van der Waals surface area contributed by atoms with Gasteiger partial charge in [0.25, 0.3) is 0 Å². The third-order valence-electron chi connectivity index (χ3n) is 8.59. The van der Waals surface area contributed by atoms with E-state index < -0.39 is 20.5 Å². The predicted molar refractivity (Wildman–Crippen MR) is 139 cm³/mol. The van der Waals surface area contributed by atoms with Crippen LogP contribution in [0.1, 0.15) is 58.9 Å². The van der Waals surface area contributed by atoms with Gasteiger partial charge in [0, 0.05) is 6.54 Å². The van der Waals surface area contributed by atoms with Gasteiger partial charge in [-0.2, -0.15) is 5.06 Å². The van der Waals surface area contributed by atoms with Crippen molar-refractivity contribution in [2.24, 2.45) is 5.41 Å². The molecular weight excluding hydrogens is 474 g/mol. The van der Waals surface area contributed by atoms with Crippen molar-refractivity contribution in [2.45, 2.75) is 96.3 Å². The molecule has 1 aromatic rings. The molecule has 1 N–H and O–H groups in total. The second kappa shape index (κ2) is 9.91. The number of hydroxylamine groups is 2. The average molecular weight is 516 g/mol. The number of nitrogens with one attached hydrogen (secondary N) is 1. The fourth-order valence-corrected chi connectivity index (χ4v) is 6.41. The number of carbonyl (C=O) groups excluding carboxylic acids is 3. The molecule has 3 atom stereocenters. The van der Waals surface area contributed by atoms with E-state index in [2.05, 4.69) is 39.2 Å². The molecule has 1 aromatic carbocycles. The van der Waals surface area contributed by atoms with Crippen LogP contribution < -0.4 is 5.32 Å². The lowest BCUT2D eigenvalue weighted by atomic mass is 9.85. The minimum atomic E-state index is -2.12. The van der Waals surface area contributed by atoms with Gasteiger partial charge in [-0.05, 0) is 54.8 Å². The van der Waals surface area contributed by atoms with Crippen molar-refractivity contribution in [1.29, 1.82) is 0 Å². The lowest BCUT2D eigenvalue weighted by Gasteiger charge is -2.38. The lowest BCUT2D eigenvalue weighted by Crippen LogP contribution is -2.54. The van der Waals surface area contributed by atoms with E-state index in [1.54, 1.807) is 4.90 Å². The number of urea groups is 1. The van der Waals surface area contributed by atoms with E-state index in [1.165, 1.54) is 5.06 Å². The number of ketones is 1. The largest absolute Gasteiger partial charge is 0.407 e. The highest BCUT2D eigenvalue weighted by atomic mass is 28.4. The van der Waals surface area contributed by atoms with Gasteiger partial charge in [0.2, 0.25) is 5.91 Å². The van der Waals surface area contributed by atoms with Gasteiger partial charge in [0.1, 0.15) is 18.8 Å². The Bertz CT molecular complexity index is 989. The highest BCUT2D eigenvalue weighted by Crippen LogP contribution is 2.59. The molecule has 2 saturated heterocycles. The molecule has 1 aliphatic carbocycles. The first-order valence-electron chi connectivity index (χ1n) is 13.1. The minimum absolute atomic E-state index is 0.00819. The zero-order valence-corrected chi connectivity index (χ0v) is 23.5. The molecule has 2 aliphatic heterocycles. The molecule has 3 aliphatic rings. The molecule has 0 unspecified atom stereocenters. The predicted octanol–water partition coefficient (Wildman–Crippen LogP) is 4.26. The van der Waals surface area contributed by atoms with E-state index in [9.17, 15) is 14.4 Å². The molecule has 2 heterocycles. The molecule has 8 nitrogen and oxygen atoms in total. The number of fused-ring (bicyclic) bond motifs is 3. The second-order valence-electron chi connectivity index (χ2n) is 12.1. The molecule has 3 fully saturated rings. The van der Waals surface area contributed by atoms with E-state index >= 15 is 0 Å². The Labute approximate surface area is 215 Å². The van der Waals surface area contributed by atoms with Crippen molar-refractivity contribution in [3.8, 4) is 0 Å². The summed E-state index contributed by atoms with van der Waals surface area (Å²) in [5.74, 6) is -0.389. The van der Waals surface area contributed by atoms with Crippen LogP contribution in [0.25, 0.3) is 0 Å². The number of hydrogen-bond acceptors (Lipinski definition) is 5. The van der Waals surface area contributed by atoms with Crippen LogP contribution in [0.2, 0.25) is 18.1 Å². The smallest absolute Gasteiger partial charge is 0.345 e. The molecule has 4 rings (SSSR count). The van der Waals surface area contributed by atoms with Crippen LogP contribution in [0.15, 0.2) is 30.3 Å². The van der Waals surface area contributed by atoms with Gasteiger partial charge < -0.3 is 14.6 Å². The maximum atomic E-state index is 13.2. The van der Waals surface area contributed by atoms with Gasteiger partial charge >= 0.3 is 6.03 Å². The van der Waals surface area contributed by atoms with Crippen LogP contribution in [0.4, 0.5) is 4.79 Å². The Morgan fingerprint density at radius 2 is 1.86 bits per heavy atom. The molecule has 1 spiro atoms. The number of Topliss-reactive ketones (excluding diaryl/α,β-unsaturated/α-hetero) is 1. The summed E-state index contributed by atoms with van der Waals surface area (Å²) >= 11 is 0. The fourth-order valence-electron chi connectivity index (χ4n) is 5.04. The molecule has 0 aromatic heterocycles. The molecule has 3 amide bonds. The average Bonchev–Trinajstić information content (AvgIpc) is 3.54. The third-order valence-corrected chi connectivity index (χ3v) is 13.1. The molecule has 1 saturated carbocycles. The van der Waals surface area contributed by atoms with Crippen LogP contribution in [0.3, 0.4) is 0 Å². The number of benzene rings is 1. The zero-order chi connectivity index (χ0) is 26.3. The summed E-state index contributed by atoms with van der Waals surface area (Å²) in [6.45, 7) is 13.3. The van der Waals surface area contributed by atoms with Gasteiger partial charge in [0.05, 0.1) is 12.6 Å². The number of amides is 3. The maximum absolute atomic E-state index is 13.2. The van der Waals surface area contributed by atoms with Gasteiger partial charge in [-0.25, -0.2) is 4.79 Å². The van der Waals surface area contributed by atoms with Crippen LogP contribution in [-0.2, 0) is 25.5 Å². The fraction of sp³-hybridized carbons (Fsp3) is 0.667. The first-order chi connectivity index (χ1) is 16.9. The summed E-state index contributed by atoms with van der Waals surface area (Å²) in [5, 5.41) is 4.32. The van der Waals surface area contributed by atoms with E-state index in [0.717, 1.165) is 18.4 Å². The Morgan fingerprint density at radius 3 is 2.44 bits per heavy atom. The molecule has 9 heteroatoms. The normalized spacial score (nSPS) is 23.7. The van der Waals surface area contributed by atoms with Crippen molar-refractivity contribution in [3.05, 3.63) is 35.9 Å². The number of piperidine rings is 1. The third kappa shape index (κ3) is 5.24. The van der Waals surface area contributed by atoms with Crippen molar-refractivity contribution < 1.29 is 23.6 Å². The molecule has 36 heavy (non-hydrogen) atoms. The Kier molecular flexibility index (Phi) is 7.38. The van der Waals surface area contributed by atoms with Crippen LogP contribution in [0.5, 0.6) is 0 Å². The van der Waals surface area contributed by atoms with Crippen LogP contribution in [-0.4, -0.2) is 67.3 Å². The second-order valence-corrected chi connectivity index (χ2v) is 16.8. The number of carbonyl (C=O) groups is 3. The topological polar surface area (TPSA) is 88.2 Å². The number of rotatable bonds is 10. The van der Waals surface area contributed by atoms with Crippen molar-refractivity contribution in [2.75, 3.05) is 13.1 Å². The van der Waals surface area contributed by atoms with Crippen LogP contribution >= 0.6 is 0 Å². The lowest BCUT2D eigenvalue weighted by molar-refractivity contribution is -0.153. The molecule has 0 radical (unpaired) electrons. The van der Waals surface area contributed by atoms with Gasteiger partial charge in [-0.15, -0.1) is 0 Å². The number of hydrogen-bond donors (Lipinski definition) is 1. The standard InChI is InChI=1S/C27H41N3O5Si/c1-7-22(35-36(5,6)26(2,3)4)21(31)16-28-24(32)20-15-27(13-14-27)23-17-29(20)25(33)30(23)34-18-19-11-9-8-10-12-19/h8-12,20,22-23H,7,13-18H2,1-6H3,(H,28,32)/t20-,22-,23-/m0/s1. The van der Waals surface area contributed by atoms with Crippen molar-refractivity contribution in [1.82, 2.24) is 15.3 Å². The highest BCUT2D eigenvalue weighted by Gasteiger charge is 2.64. The summed E-state index contributed by atoms with van der Waals surface area (Å²) < 4.78 is 6.33. The molecular formula is C27H41N3O5Si. The zero-order valence-electron chi connectivity index (χ0n) is 22.5. The quantitative estimate of drug-likeness (QED) is 0.471. The van der Waals surface area contributed by atoms with E-state index in [4.69, 9.17) is 9.26 Å². The summed E-state index contributed by atoms with van der Waals surface area (Å²) in [5.41, 5.74) is 0.910. The van der Waals surface area contributed by atoms with Crippen molar-refractivity contribution in [3.63, 3.8) is 0 Å². The Hall–Kier alpha value is -2.23. The van der Waals surface area contributed by atoms with E-state index in [0.29, 0.717) is 26.0 Å². The maximum Gasteiger partial charge on any atom is 0.345 e. The monoisotopic (exact) mass is 515 g/mol. The van der Waals surface area contributed by atoms with E-state index in [-0.39, 0.29) is 40.8 Å². The van der Waals surface area contributed by atoms with Gasteiger partial charge in [0.15, 0.2) is 14.1 Å². The SMILES string of the molecule is CC[C@H](O[Si](C)(C)C(C)(C)C)C(=O)CNC(=O)[C@@H]1CC2(CC2)[C@@H]2CN1C(=O)N2OCc1ccccc1. The Balaban J connectivity index is 1.37. The first kappa shape index (κ1) is 26.8. The summed E-state index contributed by atoms with van der Waals surface area (Å²) in [6.07, 6.45) is 2.59. The van der Waals surface area contributed by atoms with E-state index in [1.807, 2.05) is 37.3 Å². The summed E-state index contributed by atoms with van der Waals surface area (Å²) in [6, 6.07) is 8.86.